The molecule has 0 aliphatic heterocycles. The molecular formula is C13H17N3O. The van der Waals surface area contributed by atoms with Gasteiger partial charge in [-0.3, -0.25) is 4.68 Å². The molecule has 17 heavy (non-hydrogen) atoms. The van der Waals surface area contributed by atoms with Crippen molar-refractivity contribution in [2.24, 2.45) is 12.8 Å². The van der Waals surface area contributed by atoms with Crippen LogP contribution in [0.4, 0.5) is 0 Å². The summed E-state index contributed by atoms with van der Waals surface area (Å²) in [6.07, 6.45) is 0. The molecule has 2 aromatic rings. The van der Waals surface area contributed by atoms with Crippen molar-refractivity contribution in [2.75, 3.05) is 6.61 Å². The van der Waals surface area contributed by atoms with Crippen molar-refractivity contribution in [3.8, 4) is 17.0 Å². The molecule has 1 aromatic carbocycles. The molecule has 0 amide bonds. The fraction of sp³-hybridized carbons (Fsp3) is 0.308. The minimum Gasteiger partial charge on any atom is -0.494 e. The van der Waals surface area contributed by atoms with Crippen LogP contribution < -0.4 is 10.5 Å². The molecule has 4 nitrogen and oxygen atoms in total. The van der Waals surface area contributed by atoms with Gasteiger partial charge in [0.05, 0.1) is 18.0 Å². The molecule has 0 fully saturated rings. The quantitative estimate of drug-likeness (QED) is 0.875. The Labute approximate surface area is 101 Å². The maximum Gasteiger partial charge on any atom is 0.119 e. The van der Waals surface area contributed by atoms with Gasteiger partial charge in [0.2, 0.25) is 0 Å². The maximum absolute atomic E-state index is 5.58. The molecule has 0 saturated heterocycles. The molecule has 0 aliphatic rings. The number of nitrogens with zero attached hydrogens (tertiary/aromatic N) is 2. The molecular weight excluding hydrogens is 214 g/mol. The second-order valence-corrected chi connectivity index (χ2v) is 3.81. The van der Waals surface area contributed by atoms with Crippen LogP contribution in [0.5, 0.6) is 5.75 Å². The summed E-state index contributed by atoms with van der Waals surface area (Å²) in [6.45, 7) is 3.12. The number of hydrogen-bond donors (Lipinski definition) is 1. The van der Waals surface area contributed by atoms with Crippen LogP contribution in [0.1, 0.15) is 12.6 Å². The van der Waals surface area contributed by atoms with Gasteiger partial charge in [-0.2, -0.15) is 5.10 Å². The number of ether oxygens (including phenoxy) is 1. The van der Waals surface area contributed by atoms with E-state index in [-0.39, 0.29) is 0 Å². The van der Waals surface area contributed by atoms with Gasteiger partial charge in [0, 0.05) is 19.2 Å². The first kappa shape index (κ1) is 11.7. The summed E-state index contributed by atoms with van der Waals surface area (Å²) in [5, 5.41) is 4.32. The van der Waals surface area contributed by atoms with Crippen LogP contribution >= 0.6 is 0 Å². The molecule has 1 heterocycles. The van der Waals surface area contributed by atoms with Crippen LogP contribution in [-0.4, -0.2) is 16.4 Å². The first-order valence-electron chi connectivity index (χ1n) is 5.70. The molecule has 0 unspecified atom stereocenters. The van der Waals surface area contributed by atoms with E-state index in [0.717, 1.165) is 22.7 Å². The fourth-order valence-corrected chi connectivity index (χ4v) is 1.79. The van der Waals surface area contributed by atoms with Crippen molar-refractivity contribution in [3.05, 3.63) is 36.0 Å². The second-order valence-electron chi connectivity index (χ2n) is 3.81. The standard InChI is InChI=1S/C13H17N3O/c1-3-17-12-6-4-10(5-7-12)13-8-11(9-14)15-16(13)2/h4-8H,3,9,14H2,1-2H3. The van der Waals surface area contributed by atoms with Gasteiger partial charge in [-0.25, -0.2) is 0 Å². The molecule has 0 radical (unpaired) electrons. The summed E-state index contributed by atoms with van der Waals surface area (Å²) in [5.41, 5.74) is 8.65. The Kier molecular flexibility index (Phi) is 3.44. The number of benzene rings is 1. The lowest BCUT2D eigenvalue weighted by Crippen LogP contribution is -1.98. The molecule has 2 N–H and O–H groups in total. The highest BCUT2D eigenvalue weighted by molar-refractivity contribution is 5.61. The summed E-state index contributed by atoms with van der Waals surface area (Å²) in [5.74, 6) is 0.887. The molecule has 0 bridgehead atoms. The third kappa shape index (κ3) is 2.47. The Balaban J connectivity index is 2.29. The fourth-order valence-electron chi connectivity index (χ4n) is 1.79. The Hall–Kier alpha value is -1.81. The Bertz CT molecular complexity index is 488. The van der Waals surface area contributed by atoms with Crippen molar-refractivity contribution in [1.82, 2.24) is 9.78 Å². The van der Waals surface area contributed by atoms with E-state index in [0.29, 0.717) is 13.2 Å². The first-order valence-corrected chi connectivity index (χ1v) is 5.70. The van der Waals surface area contributed by atoms with Crippen LogP contribution in [0, 0.1) is 0 Å². The van der Waals surface area contributed by atoms with Crippen LogP contribution in [0.2, 0.25) is 0 Å². The lowest BCUT2D eigenvalue weighted by atomic mass is 10.1. The normalized spacial score (nSPS) is 10.5. The smallest absolute Gasteiger partial charge is 0.119 e. The van der Waals surface area contributed by atoms with E-state index in [2.05, 4.69) is 5.10 Å². The van der Waals surface area contributed by atoms with E-state index in [9.17, 15) is 0 Å². The molecule has 4 heteroatoms. The van der Waals surface area contributed by atoms with E-state index < -0.39 is 0 Å². The van der Waals surface area contributed by atoms with Gasteiger partial charge in [0.25, 0.3) is 0 Å². The minimum atomic E-state index is 0.463. The number of aryl methyl sites for hydroxylation is 1. The van der Waals surface area contributed by atoms with Crippen molar-refractivity contribution >= 4 is 0 Å². The van der Waals surface area contributed by atoms with Gasteiger partial charge in [-0.05, 0) is 37.3 Å². The average molecular weight is 231 g/mol. The van der Waals surface area contributed by atoms with Gasteiger partial charge in [0.15, 0.2) is 0 Å². The highest BCUT2D eigenvalue weighted by Crippen LogP contribution is 2.22. The molecule has 90 valence electrons. The predicted molar refractivity (Wildman–Crippen MR) is 67.7 cm³/mol. The van der Waals surface area contributed by atoms with Crippen LogP contribution in [-0.2, 0) is 13.6 Å². The van der Waals surface area contributed by atoms with Crippen LogP contribution in [0.15, 0.2) is 30.3 Å². The molecule has 1 aromatic heterocycles. The zero-order valence-electron chi connectivity index (χ0n) is 10.2. The van der Waals surface area contributed by atoms with Gasteiger partial charge in [-0.1, -0.05) is 0 Å². The average Bonchev–Trinajstić information content (AvgIpc) is 2.72. The van der Waals surface area contributed by atoms with E-state index in [4.69, 9.17) is 10.5 Å². The monoisotopic (exact) mass is 231 g/mol. The molecule has 2 rings (SSSR count). The largest absolute Gasteiger partial charge is 0.494 e. The van der Waals surface area contributed by atoms with Gasteiger partial charge in [-0.15, -0.1) is 0 Å². The highest BCUT2D eigenvalue weighted by atomic mass is 16.5. The SMILES string of the molecule is CCOc1ccc(-c2cc(CN)nn2C)cc1. The number of nitrogens with two attached hydrogens (primary N) is 1. The van der Waals surface area contributed by atoms with Crippen molar-refractivity contribution in [1.29, 1.82) is 0 Å². The number of rotatable bonds is 4. The van der Waals surface area contributed by atoms with Crippen molar-refractivity contribution in [2.45, 2.75) is 13.5 Å². The first-order chi connectivity index (χ1) is 8.24. The number of aromatic nitrogens is 2. The third-order valence-corrected chi connectivity index (χ3v) is 2.60. The molecule has 0 spiro atoms. The molecule has 0 saturated carbocycles. The van der Waals surface area contributed by atoms with Gasteiger partial charge in [0.1, 0.15) is 5.75 Å². The summed E-state index contributed by atoms with van der Waals surface area (Å²) in [4.78, 5) is 0. The van der Waals surface area contributed by atoms with Crippen LogP contribution in [0.3, 0.4) is 0 Å². The third-order valence-electron chi connectivity index (χ3n) is 2.60. The minimum absolute atomic E-state index is 0.463. The lowest BCUT2D eigenvalue weighted by molar-refractivity contribution is 0.340. The molecule has 0 atom stereocenters. The van der Waals surface area contributed by atoms with Crippen molar-refractivity contribution in [3.63, 3.8) is 0 Å². The van der Waals surface area contributed by atoms with E-state index >= 15 is 0 Å². The van der Waals surface area contributed by atoms with Crippen molar-refractivity contribution < 1.29 is 4.74 Å². The highest BCUT2D eigenvalue weighted by Gasteiger charge is 2.06. The second kappa shape index (κ2) is 5.01. The Morgan fingerprint density at radius 2 is 2.00 bits per heavy atom. The van der Waals surface area contributed by atoms with E-state index in [1.807, 2.05) is 49.0 Å². The summed E-state index contributed by atoms with van der Waals surface area (Å²) in [7, 11) is 1.92. The topological polar surface area (TPSA) is 53.1 Å². The zero-order valence-corrected chi connectivity index (χ0v) is 10.2. The lowest BCUT2D eigenvalue weighted by Gasteiger charge is -2.05. The predicted octanol–water partition coefficient (Wildman–Crippen LogP) is 1.94. The Morgan fingerprint density at radius 3 is 2.53 bits per heavy atom. The van der Waals surface area contributed by atoms with Gasteiger partial charge < -0.3 is 10.5 Å². The van der Waals surface area contributed by atoms with E-state index in [1.54, 1.807) is 0 Å². The summed E-state index contributed by atoms with van der Waals surface area (Å²) >= 11 is 0. The van der Waals surface area contributed by atoms with E-state index in [1.165, 1.54) is 0 Å². The summed E-state index contributed by atoms with van der Waals surface area (Å²) < 4.78 is 7.26. The Morgan fingerprint density at radius 1 is 1.29 bits per heavy atom. The summed E-state index contributed by atoms with van der Waals surface area (Å²) in [6, 6.07) is 10.0. The number of hydrogen-bond acceptors (Lipinski definition) is 3. The zero-order chi connectivity index (χ0) is 12.3. The maximum atomic E-state index is 5.58. The van der Waals surface area contributed by atoms with Crippen LogP contribution in [0.25, 0.3) is 11.3 Å². The van der Waals surface area contributed by atoms with Gasteiger partial charge >= 0.3 is 0 Å². The molecule has 0 aliphatic carbocycles.